The number of alkyl halides is 1. The molecule has 2 aromatic rings. The topological polar surface area (TPSA) is 87.0 Å². The van der Waals surface area contributed by atoms with Gasteiger partial charge in [0, 0.05) is 30.8 Å². The monoisotopic (exact) mass is 392 g/mol. The maximum absolute atomic E-state index is 14.5. The van der Waals surface area contributed by atoms with Crippen molar-refractivity contribution in [2.24, 2.45) is 0 Å². The Morgan fingerprint density at radius 1 is 1.52 bits per heavy atom. The molecule has 0 aliphatic carbocycles. The molecule has 2 aliphatic rings. The SMILES string of the molecule is Cc1c(C#N)cnc(O[C@H]2CN3c4cc(Cl)nnc4NC[C@@]3(CF)C2)c1F. The van der Waals surface area contributed by atoms with E-state index in [4.69, 9.17) is 21.6 Å². The number of aromatic nitrogens is 3. The summed E-state index contributed by atoms with van der Waals surface area (Å²) in [6.45, 7) is 1.50. The Morgan fingerprint density at radius 3 is 3.07 bits per heavy atom. The molecule has 0 aromatic carbocycles. The molecular formula is C17H15ClF2N6O. The third-order valence-electron chi connectivity index (χ3n) is 5.07. The van der Waals surface area contributed by atoms with Crippen LogP contribution in [0.3, 0.4) is 0 Å². The van der Waals surface area contributed by atoms with Crippen molar-refractivity contribution >= 4 is 23.1 Å². The molecular weight excluding hydrogens is 378 g/mol. The van der Waals surface area contributed by atoms with Gasteiger partial charge in [0.05, 0.1) is 23.3 Å². The van der Waals surface area contributed by atoms with Crippen LogP contribution in [0.4, 0.5) is 20.3 Å². The molecule has 1 fully saturated rings. The lowest BCUT2D eigenvalue weighted by Gasteiger charge is -2.42. The number of rotatable bonds is 3. The summed E-state index contributed by atoms with van der Waals surface area (Å²) in [5.74, 6) is -0.354. The van der Waals surface area contributed by atoms with Crippen LogP contribution < -0.4 is 15.0 Å². The van der Waals surface area contributed by atoms with Crippen molar-refractivity contribution in [3.63, 3.8) is 0 Å². The third-order valence-corrected chi connectivity index (χ3v) is 5.25. The molecule has 0 spiro atoms. The lowest BCUT2D eigenvalue weighted by molar-refractivity contribution is 0.186. The van der Waals surface area contributed by atoms with Gasteiger partial charge in [-0.3, -0.25) is 0 Å². The predicted octanol–water partition coefficient (Wildman–Crippen LogP) is 2.64. The van der Waals surface area contributed by atoms with E-state index in [1.165, 1.54) is 13.1 Å². The van der Waals surface area contributed by atoms with Gasteiger partial charge in [0.15, 0.2) is 16.8 Å². The second-order valence-electron chi connectivity index (χ2n) is 6.69. The van der Waals surface area contributed by atoms with Gasteiger partial charge in [-0.05, 0) is 6.92 Å². The highest BCUT2D eigenvalue weighted by atomic mass is 35.5. The predicted molar refractivity (Wildman–Crippen MR) is 94.3 cm³/mol. The summed E-state index contributed by atoms with van der Waals surface area (Å²) in [4.78, 5) is 5.75. The Bertz CT molecular complexity index is 952. The highest BCUT2D eigenvalue weighted by Gasteiger charge is 2.50. The second kappa shape index (κ2) is 6.46. The van der Waals surface area contributed by atoms with E-state index in [-0.39, 0.29) is 22.2 Å². The van der Waals surface area contributed by atoms with Crippen LogP contribution in [0.1, 0.15) is 17.5 Å². The minimum absolute atomic E-state index is 0.148. The van der Waals surface area contributed by atoms with Gasteiger partial charge in [-0.1, -0.05) is 11.6 Å². The highest BCUT2D eigenvalue weighted by Crippen LogP contribution is 2.43. The molecule has 0 radical (unpaired) electrons. The Labute approximate surface area is 158 Å². The molecule has 1 saturated heterocycles. The number of nitrogens with zero attached hydrogens (tertiary/aromatic N) is 5. The van der Waals surface area contributed by atoms with Crippen molar-refractivity contribution in [2.45, 2.75) is 25.0 Å². The van der Waals surface area contributed by atoms with Crippen LogP contribution >= 0.6 is 11.6 Å². The van der Waals surface area contributed by atoms with Crippen LogP contribution in [0.25, 0.3) is 0 Å². The van der Waals surface area contributed by atoms with Crippen molar-refractivity contribution in [1.82, 2.24) is 15.2 Å². The summed E-state index contributed by atoms with van der Waals surface area (Å²) in [6.07, 6.45) is 1.11. The second-order valence-corrected chi connectivity index (χ2v) is 7.08. The number of anilines is 2. The summed E-state index contributed by atoms with van der Waals surface area (Å²) in [7, 11) is 0. The van der Waals surface area contributed by atoms with Gasteiger partial charge in [0.2, 0.25) is 0 Å². The number of nitriles is 1. The molecule has 7 nitrogen and oxygen atoms in total. The van der Waals surface area contributed by atoms with Crippen LogP contribution in [0, 0.1) is 24.1 Å². The fourth-order valence-electron chi connectivity index (χ4n) is 3.62. The van der Waals surface area contributed by atoms with Crippen molar-refractivity contribution in [2.75, 3.05) is 30.0 Å². The zero-order valence-corrected chi connectivity index (χ0v) is 15.1. The molecule has 2 aliphatic heterocycles. The maximum atomic E-state index is 14.5. The van der Waals surface area contributed by atoms with Crippen LogP contribution in [0.2, 0.25) is 5.15 Å². The molecule has 4 rings (SSSR count). The number of fused-ring (bicyclic) bond motifs is 3. The first-order valence-electron chi connectivity index (χ1n) is 8.30. The van der Waals surface area contributed by atoms with E-state index in [0.29, 0.717) is 31.0 Å². The number of hydrogen-bond donors (Lipinski definition) is 1. The Kier molecular flexibility index (Phi) is 4.23. The van der Waals surface area contributed by atoms with Gasteiger partial charge in [-0.25, -0.2) is 13.8 Å². The molecule has 1 N–H and O–H groups in total. The third kappa shape index (κ3) is 2.80. The first kappa shape index (κ1) is 17.7. The van der Waals surface area contributed by atoms with Crippen LogP contribution in [0.5, 0.6) is 5.88 Å². The number of halogens is 3. The summed E-state index contributed by atoms with van der Waals surface area (Å²) < 4.78 is 34.3. The fourth-order valence-corrected chi connectivity index (χ4v) is 3.76. The molecule has 10 heteroatoms. The number of nitrogens with one attached hydrogen (secondary N) is 1. The normalized spacial score (nSPS) is 23.2. The molecule has 0 saturated carbocycles. The van der Waals surface area contributed by atoms with Gasteiger partial charge >= 0.3 is 0 Å². The van der Waals surface area contributed by atoms with E-state index >= 15 is 0 Å². The largest absolute Gasteiger partial charge is 0.470 e. The standard InChI is InChI=1S/C17H15ClF2N6O/c1-9-10(4-21)5-22-16(14(9)20)27-11-3-17(7-19)8-23-15-12(26(17)6-11)2-13(18)24-25-15/h2,5,11H,3,6-8H2,1H3,(H,23,25)/t11-,17+/m1/s1. The molecule has 0 bridgehead atoms. The van der Waals surface area contributed by atoms with Gasteiger partial charge in [-0.15, -0.1) is 10.2 Å². The quantitative estimate of drug-likeness (QED) is 0.859. The van der Waals surface area contributed by atoms with Crippen LogP contribution in [-0.2, 0) is 0 Å². The van der Waals surface area contributed by atoms with E-state index in [9.17, 15) is 8.78 Å². The number of hydrogen-bond acceptors (Lipinski definition) is 7. The molecule has 0 amide bonds. The average Bonchev–Trinajstić information content (AvgIpc) is 3.05. The van der Waals surface area contributed by atoms with Gasteiger partial charge in [0.1, 0.15) is 18.8 Å². The smallest absolute Gasteiger partial charge is 0.251 e. The first-order valence-corrected chi connectivity index (χ1v) is 8.68. The van der Waals surface area contributed by atoms with Crippen molar-refractivity contribution in [3.05, 3.63) is 34.4 Å². The van der Waals surface area contributed by atoms with Crippen LogP contribution in [0.15, 0.2) is 12.3 Å². The van der Waals surface area contributed by atoms with Crippen molar-refractivity contribution in [3.8, 4) is 11.9 Å². The molecule has 0 unspecified atom stereocenters. The Morgan fingerprint density at radius 2 is 2.33 bits per heavy atom. The van der Waals surface area contributed by atoms with Gasteiger partial charge in [-0.2, -0.15) is 5.26 Å². The summed E-state index contributed by atoms with van der Waals surface area (Å²) in [5.41, 5.74) is 0.111. The lowest BCUT2D eigenvalue weighted by Crippen LogP contribution is -2.54. The first-order chi connectivity index (χ1) is 13.0. The molecule has 4 heterocycles. The average molecular weight is 393 g/mol. The van der Waals surface area contributed by atoms with Gasteiger partial charge < -0.3 is 15.0 Å². The molecule has 2 atom stereocenters. The highest BCUT2D eigenvalue weighted by molar-refractivity contribution is 6.29. The molecule has 27 heavy (non-hydrogen) atoms. The van der Waals surface area contributed by atoms with Crippen LogP contribution in [-0.4, -0.2) is 46.6 Å². The molecule has 2 aromatic heterocycles. The van der Waals surface area contributed by atoms with Crippen molar-refractivity contribution < 1.29 is 13.5 Å². The number of pyridine rings is 1. The van der Waals surface area contributed by atoms with Crippen molar-refractivity contribution in [1.29, 1.82) is 5.26 Å². The summed E-state index contributed by atoms with van der Waals surface area (Å²) >= 11 is 5.95. The van der Waals surface area contributed by atoms with E-state index in [1.807, 2.05) is 11.0 Å². The lowest BCUT2D eigenvalue weighted by atomic mass is 9.94. The Hall–Kier alpha value is -2.73. The van der Waals surface area contributed by atoms with E-state index in [1.54, 1.807) is 6.07 Å². The zero-order chi connectivity index (χ0) is 19.2. The summed E-state index contributed by atoms with van der Waals surface area (Å²) in [5, 5.41) is 20.0. The zero-order valence-electron chi connectivity index (χ0n) is 14.3. The molecule has 140 valence electrons. The fraction of sp³-hybridized carbons (Fsp3) is 0.412. The minimum Gasteiger partial charge on any atom is -0.470 e. The number of ether oxygens (including phenoxy) is 1. The van der Waals surface area contributed by atoms with Gasteiger partial charge in [0.25, 0.3) is 5.88 Å². The maximum Gasteiger partial charge on any atom is 0.251 e. The minimum atomic E-state index is -0.845. The summed E-state index contributed by atoms with van der Waals surface area (Å²) in [6, 6.07) is 3.50. The van der Waals surface area contributed by atoms with E-state index in [2.05, 4.69) is 20.5 Å². The Balaban J connectivity index is 1.63. The van der Waals surface area contributed by atoms with E-state index < -0.39 is 24.1 Å². The van der Waals surface area contributed by atoms with E-state index in [0.717, 1.165) is 0 Å².